The Kier molecular flexibility index (Phi) is 3.10. The van der Waals surface area contributed by atoms with E-state index < -0.39 is 9.84 Å². The smallest absolute Gasteiger partial charge is 0.200 e. The van der Waals surface area contributed by atoms with Crippen molar-refractivity contribution >= 4 is 15.4 Å². The summed E-state index contributed by atoms with van der Waals surface area (Å²) in [6.45, 7) is 4.00. The van der Waals surface area contributed by atoms with Crippen molar-refractivity contribution in [3.63, 3.8) is 0 Å². The summed E-state index contributed by atoms with van der Waals surface area (Å²) in [6.07, 6.45) is 0.730. The van der Waals surface area contributed by atoms with Crippen molar-refractivity contribution in [3.8, 4) is 0 Å². The molecule has 3 nitrogen and oxygen atoms in total. The lowest BCUT2D eigenvalue weighted by atomic mass is 9.97. The second kappa shape index (κ2) is 4.27. The molecule has 1 heterocycles. The lowest BCUT2D eigenvalue weighted by Gasteiger charge is -2.12. The lowest BCUT2D eigenvalue weighted by molar-refractivity contribution is 0.605. The highest BCUT2D eigenvalue weighted by molar-refractivity contribution is 7.95. The minimum atomic E-state index is -3.22. The molecule has 1 aliphatic heterocycles. The van der Waals surface area contributed by atoms with Crippen LogP contribution in [-0.4, -0.2) is 21.5 Å². The Hall–Kier alpha value is -1.13. The Morgan fingerprint density at radius 1 is 1.35 bits per heavy atom. The molecule has 1 aliphatic rings. The quantitative estimate of drug-likeness (QED) is 0.895. The Labute approximate surface area is 102 Å². The summed E-state index contributed by atoms with van der Waals surface area (Å²) in [5, 5.41) is 4.55. The van der Waals surface area contributed by atoms with Crippen LogP contribution >= 0.6 is 0 Å². The second-order valence-corrected chi connectivity index (χ2v) is 6.30. The van der Waals surface area contributed by atoms with Gasteiger partial charge in [0.2, 0.25) is 9.84 Å². The van der Waals surface area contributed by atoms with E-state index in [-0.39, 0.29) is 6.04 Å². The van der Waals surface area contributed by atoms with E-state index in [9.17, 15) is 8.42 Å². The number of hydrogen-bond acceptors (Lipinski definition) is 3. The van der Waals surface area contributed by atoms with E-state index in [1.165, 1.54) is 5.41 Å². The third-order valence-electron chi connectivity index (χ3n) is 3.18. The number of sulfone groups is 1. The first-order chi connectivity index (χ1) is 7.95. The fourth-order valence-electron chi connectivity index (χ4n) is 2.18. The molecule has 1 atom stereocenters. The fourth-order valence-corrected chi connectivity index (χ4v) is 3.74. The summed E-state index contributed by atoms with van der Waals surface area (Å²) in [6, 6.07) is 5.70. The zero-order chi connectivity index (χ0) is 12.6. The van der Waals surface area contributed by atoms with E-state index in [0.717, 1.165) is 23.1 Å². The number of fused-ring (bicyclic) bond motifs is 1. The highest BCUT2D eigenvalue weighted by Gasteiger charge is 2.28. The Morgan fingerprint density at radius 3 is 2.71 bits per heavy atom. The standard InChI is InChI=1S/C13H17NO2S/c1-9-5-4-6-12-13(9)11(7-10(2)14-3)8-17(12,15)16/h4-6,8,10,14H,7H2,1-3H3. The van der Waals surface area contributed by atoms with Gasteiger partial charge in [0.25, 0.3) is 0 Å². The number of nitrogens with one attached hydrogen (secondary N) is 1. The maximum Gasteiger partial charge on any atom is 0.200 e. The molecule has 0 bridgehead atoms. The molecule has 0 spiro atoms. The van der Waals surface area contributed by atoms with Crippen LogP contribution in [0.15, 0.2) is 28.5 Å². The van der Waals surface area contributed by atoms with Crippen molar-refractivity contribution in [1.29, 1.82) is 0 Å². The van der Waals surface area contributed by atoms with Crippen LogP contribution < -0.4 is 5.32 Å². The van der Waals surface area contributed by atoms with Gasteiger partial charge in [0.15, 0.2) is 0 Å². The molecule has 0 amide bonds. The third kappa shape index (κ3) is 2.15. The molecule has 0 saturated carbocycles. The van der Waals surface area contributed by atoms with E-state index in [1.54, 1.807) is 12.1 Å². The summed E-state index contributed by atoms with van der Waals surface area (Å²) < 4.78 is 24.0. The molecule has 0 radical (unpaired) electrons. The minimum absolute atomic E-state index is 0.266. The average molecular weight is 251 g/mol. The maximum atomic E-state index is 12.0. The van der Waals surface area contributed by atoms with Crippen molar-refractivity contribution in [1.82, 2.24) is 5.32 Å². The van der Waals surface area contributed by atoms with E-state index in [0.29, 0.717) is 4.90 Å². The van der Waals surface area contributed by atoms with Crippen LogP contribution in [0.25, 0.3) is 5.57 Å². The van der Waals surface area contributed by atoms with Crippen molar-refractivity contribution in [2.45, 2.75) is 31.2 Å². The van der Waals surface area contributed by atoms with Crippen molar-refractivity contribution in [3.05, 3.63) is 34.7 Å². The number of hydrogen-bond donors (Lipinski definition) is 1. The molecule has 1 aromatic carbocycles. The van der Waals surface area contributed by atoms with Crippen LogP contribution in [0.3, 0.4) is 0 Å². The van der Waals surface area contributed by atoms with Crippen LogP contribution in [0, 0.1) is 6.92 Å². The first-order valence-electron chi connectivity index (χ1n) is 5.68. The molecular formula is C13H17NO2S. The lowest BCUT2D eigenvalue weighted by Crippen LogP contribution is -2.21. The molecule has 2 rings (SSSR count). The van der Waals surface area contributed by atoms with Gasteiger partial charge in [-0.3, -0.25) is 0 Å². The van der Waals surface area contributed by atoms with Crippen molar-refractivity contribution < 1.29 is 8.42 Å². The first kappa shape index (κ1) is 12.3. The summed E-state index contributed by atoms with van der Waals surface area (Å²) in [7, 11) is -1.34. The Morgan fingerprint density at radius 2 is 2.06 bits per heavy atom. The molecule has 92 valence electrons. The summed E-state index contributed by atoms with van der Waals surface area (Å²) in [4.78, 5) is 0.454. The molecule has 4 heteroatoms. The van der Waals surface area contributed by atoms with E-state index >= 15 is 0 Å². The van der Waals surface area contributed by atoms with Gasteiger partial charge >= 0.3 is 0 Å². The van der Waals surface area contributed by atoms with E-state index in [2.05, 4.69) is 5.32 Å². The molecular weight excluding hydrogens is 234 g/mol. The Bertz CT molecular complexity index is 573. The van der Waals surface area contributed by atoms with E-state index in [4.69, 9.17) is 0 Å². The average Bonchev–Trinajstić information content (AvgIpc) is 2.52. The second-order valence-electron chi connectivity index (χ2n) is 4.53. The van der Waals surface area contributed by atoms with Gasteiger partial charge in [-0.2, -0.15) is 0 Å². The predicted octanol–water partition coefficient (Wildman–Crippen LogP) is 2.12. The minimum Gasteiger partial charge on any atom is -0.317 e. The first-order valence-corrected chi connectivity index (χ1v) is 7.23. The molecule has 1 N–H and O–H groups in total. The largest absolute Gasteiger partial charge is 0.317 e. The number of rotatable bonds is 3. The third-order valence-corrected chi connectivity index (χ3v) is 4.73. The highest BCUT2D eigenvalue weighted by atomic mass is 32.2. The van der Waals surface area contributed by atoms with Gasteiger partial charge in [0.1, 0.15) is 0 Å². The van der Waals surface area contributed by atoms with Gasteiger partial charge in [-0.15, -0.1) is 0 Å². The summed E-state index contributed by atoms with van der Waals surface area (Å²) >= 11 is 0. The molecule has 0 fully saturated rings. The number of aryl methyl sites for hydroxylation is 1. The van der Waals surface area contributed by atoms with Crippen LogP contribution in [0.4, 0.5) is 0 Å². The SMILES string of the molecule is CNC(C)CC1=CS(=O)(=O)c2cccc(C)c21. The highest BCUT2D eigenvalue weighted by Crippen LogP contribution is 2.37. The molecule has 0 aromatic heterocycles. The van der Waals surface area contributed by atoms with Gasteiger partial charge in [-0.1, -0.05) is 12.1 Å². The van der Waals surface area contributed by atoms with Crippen LogP contribution in [-0.2, 0) is 9.84 Å². The van der Waals surface area contributed by atoms with Crippen molar-refractivity contribution in [2.75, 3.05) is 7.05 Å². The van der Waals surface area contributed by atoms with Crippen LogP contribution in [0.1, 0.15) is 24.5 Å². The molecule has 17 heavy (non-hydrogen) atoms. The fraction of sp³-hybridized carbons (Fsp3) is 0.385. The molecule has 0 saturated heterocycles. The topological polar surface area (TPSA) is 46.2 Å². The zero-order valence-corrected chi connectivity index (χ0v) is 11.1. The number of benzene rings is 1. The van der Waals surface area contributed by atoms with Crippen LogP contribution in [0.5, 0.6) is 0 Å². The molecule has 0 aliphatic carbocycles. The monoisotopic (exact) mass is 251 g/mol. The normalized spacial score (nSPS) is 18.6. The zero-order valence-electron chi connectivity index (χ0n) is 10.3. The maximum absolute atomic E-state index is 12.0. The molecule has 1 unspecified atom stereocenters. The van der Waals surface area contributed by atoms with Crippen molar-refractivity contribution in [2.24, 2.45) is 0 Å². The predicted molar refractivity (Wildman–Crippen MR) is 69.5 cm³/mol. The molecule has 1 aromatic rings. The van der Waals surface area contributed by atoms with Gasteiger partial charge < -0.3 is 5.32 Å². The Balaban J connectivity index is 2.52. The summed E-state index contributed by atoms with van der Waals surface area (Å²) in [5.41, 5.74) is 2.84. The van der Waals surface area contributed by atoms with Crippen LogP contribution in [0.2, 0.25) is 0 Å². The van der Waals surface area contributed by atoms with Gasteiger partial charge in [-0.05, 0) is 44.5 Å². The van der Waals surface area contributed by atoms with Gasteiger partial charge in [-0.25, -0.2) is 8.42 Å². The van der Waals surface area contributed by atoms with E-state index in [1.807, 2.05) is 27.0 Å². The van der Waals surface area contributed by atoms with Gasteiger partial charge in [0, 0.05) is 17.0 Å². The summed E-state index contributed by atoms with van der Waals surface area (Å²) in [5.74, 6) is 0. The van der Waals surface area contributed by atoms with Gasteiger partial charge in [0.05, 0.1) is 4.90 Å².